The van der Waals surface area contributed by atoms with Crippen molar-refractivity contribution in [3.05, 3.63) is 17.5 Å². The Kier molecular flexibility index (Phi) is 7.17. The Labute approximate surface area is 154 Å². The van der Waals surface area contributed by atoms with Crippen molar-refractivity contribution in [3.63, 3.8) is 0 Å². The van der Waals surface area contributed by atoms with Crippen LogP contribution in [-0.4, -0.2) is 65.7 Å². The van der Waals surface area contributed by atoms with Crippen LogP contribution in [0.4, 0.5) is 10.7 Å². The van der Waals surface area contributed by atoms with Gasteiger partial charge in [0.05, 0.1) is 6.61 Å². The molecule has 1 saturated heterocycles. The van der Waals surface area contributed by atoms with Crippen LogP contribution < -0.4 is 10.2 Å². The molecule has 2 heterocycles. The summed E-state index contributed by atoms with van der Waals surface area (Å²) in [7, 11) is 0. The van der Waals surface area contributed by atoms with Gasteiger partial charge in [0.25, 0.3) is 5.91 Å². The van der Waals surface area contributed by atoms with Gasteiger partial charge in [-0.15, -0.1) is 0 Å². The number of carbonyl (C=O) groups excluding carboxylic acids is 2. The Bertz CT molecular complexity index is 625. The quantitative estimate of drug-likeness (QED) is 0.831. The van der Waals surface area contributed by atoms with Gasteiger partial charge >= 0.3 is 6.09 Å². The molecule has 0 aliphatic carbocycles. The summed E-state index contributed by atoms with van der Waals surface area (Å²) in [5.74, 6) is 0.385. The number of amides is 2. The highest BCUT2D eigenvalue weighted by Crippen LogP contribution is 2.14. The van der Waals surface area contributed by atoms with Gasteiger partial charge in [0.15, 0.2) is 0 Å². The van der Waals surface area contributed by atoms with Crippen molar-refractivity contribution in [3.8, 4) is 0 Å². The zero-order chi connectivity index (χ0) is 19.1. The minimum absolute atomic E-state index is 0.0281. The maximum absolute atomic E-state index is 12.6. The Balaban J connectivity index is 1.97. The van der Waals surface area contributed by atoms with Crippen LogP contribution in [0.25, 0.3) is 0 Å². The highest BCUT2D eigenvalue weighted by atomic mass is 16.6. The van der Waals surface area contributed by atoms with Gasteiger partial charge in [0.2, 0.25) is 5.95 Å². The second kappa shape index (κ2) is 9.35. The van der Waals surface area contributed by atoms with Crippen molar-refractivity contribution in [2.24, 2.45) is 0 Å². The molecule has 1 aliphatic heterocycles. The normalized spacial score (nSPS) is 14.8. The monoisotopic (exact) mass is 363 g/mol. The van der Waals surface area contributed by atoms with Gasteiger partial charge in [0, 0.05) is 37.9 Å². The van der Waals surface area contributed by atoms with Crippen molar-refractivity contribution >= 4 is 17.9 Å². The van der Waals surface area contributed by atoms with Crippen LogP contribution in [-0.2, 0) is 4.74 Å². The van der Waals surface area contributed by atoms with Crippen LogP contribution in [0.1, 0.15) is 49.8 Å². The molecule has 0 aromatic carbocycles. The summed E-state index contributed by atoms with van der Waals surface area (Å²) >= 11 is 0. The fourth-order valence-electron chi connectivity index (χ4n) is 3.00. The molecule has 0 radical (unpaired) electrons. The zero-order valence-electron chi connectivity index (χ0n) is 16.1. The molecule has 2 amide bonds. The number of carbonyl (C=O) groups is 2. The highest BCUT2D eigenvalue weighted by Gasteiger charge is 2.25. The van der Waals surface area contributed by atoms with Crippen LogP contribution in [0.15, 0.2) is 6.07 Å². The standard InChI is InChI=1S/C18H29N5O3/c1-5-22(6-2)17-19-13(4)12-15(21-17)16(24)20-14-8-10-23(11-9-14)18(25)26-7-3/h12,14H,5-11H2,1-4H3,(H,20,24). The van der Waals surface area contributed by atoms with Crippen molar-refractivity contribution < 1.29 is 14.3 Å². The van der Waals surface area contributed by atoms with Crippen molar-refractivity contribution in [2.45, 2.75) is 46.6 Å². The summed E-state index contributed by atoms with van der Waals surface area (Å²) < 4.78 is 5.02. The van der Waals surface area contributed by atoms with Crippen LogP contribution in [0.3, 0.4) is 0 Å². The molecule has 1 aromatic rings. The van der Waals surface area contributed by atoms with E-state index in [1.165, 1.54) is 0 Å². The predicted octanol–water partition coefficient (Wildman–Crippen LogP) is 1.98. The van der Waals surface area contributed by atoms with Crippen LogP contribution >= 0.6 is 0 Å². The number of hydrogen-bond acceptors (Lipinski definition) is 6. The summed E-state index contributed by atoms with van der Waals surface area (Å²) in [5.41, 5.74) is 1.15. The van der Waals surface area contributed by atoms with Crippen molar-refractivity contribution in [1.29, 1.82) is 0 Å². The number of piperidine rings is 1. The topological polar surface area (TPSA) is 87.7 Å². The fraction of sp³-hybridized carbons (Fsp3) is 0.667. The number of ether oxygens (including phenoxy) is 1. The number of nitrogens with zero attached hydrogens (tertiary/aromatic N) is 4. The molecule has 0 spiro atoms. The number of rotatable bonds is 6. The molecule has 0 saturated carbocycles. The fourth-order valence-corrected chi connectivity index (χ4v) is 3.00. The largest absolute Gasteiger partial charge is 0.450 e. The number of aryl methyl sites for hydroxylation is 1. The summed E-state index contributed by atoms with van der Waals surface area (Å²) in [4.78, 5) is 36.9. The number of hydrogen-bond donors (Lipinski definition) is 1. The van der Waals surface area contributed by atoms with E-state index in [0.29, 0.717) is 44.2 Å². The summed E-state index contributed by atoms with van der Waals surface area (Å²) in [5, 5.41) is 3.03. The molecule has 1 aromatic heterocycles. The van der Waals surface area contributed by atoms with E-state index in [-0.39, 0.29) is 18.0 Å². The Morgan fingerprint density at radius 1 is 1.23 bits per heavy atom. The summed E-state index contributed by atoms with van der Waals surface area (Å²) in [6.07, 6.45) is 1.13. The van der Waals surface area contributed by atoms with Gasteiger partial charge in [-0.05, 0) is 46.6 Å². The smallest absolute Gasteiger partial charge is 0.409 e. The first kappa shape index (κ1) is 19.9. The van der Waals surface area contributed by atoms with Gasteiger partial charge in [-0.1, -0.05) is 0 Å². The second-order valence-corrected chi connectivity index (χ2v) is 6.30. The van der Waals surface area contributed by atoms with E-state index in [0.717, 1.165) is 18.8 Å². The molecule has 8 heteroatoms. The maximum Gasteiger partial charge on any atom is 0.409 e. The molecule has 0 atom stereocenters. The highest BCUT2D eigenvalue weighted by molar-refractivity contribution is 5.92. The summed E-state index contributed by atoms with van der Waals surface area (Å²) in [6.45, 7) is 10.8. The van der Waals surface area contributed by atoms with Gasteiger partial charge in [-0.3, -0.25) is 4.79 Å². The van der Waals surface area contributed by atoms with E-state index in [1.807, 2.05) is 25.7 Å². The third-order valence-electron chi connectivity index (χ3n) is 4.48. The van der Waals surface area contributed by atoms with Gasteiger partial charge in [-0.25, -0.2) is 14.8 Å². The number of aromatic nitrogens is 2. The minimum Gasteiger partial charge on any atom is -0.450 e. The third-order valence-corrected chi connectivity index (χ3v) is 4.48. The molecule has 8 nitrogen and oxygen atoms in total. The molecule has 1 N–H and O–H groups in total. The number of anilines is 1. The van der Waals surface area contributed by atoms with Gasteiger partial charge < -0.3 is 19.9 Å². The lowest BCUT2D eigenvalue weighted by Gasteiger charge is -2.31. The second-order valence-electron chi connectivity index (χ2n) is 6.30. The Hall–Kier alpha value is -2.38. The predicted molar refractivity (Wildman–Crippen MR) is 99.4 cm³/mol. The molecule has 1 aliphatic rings. The molecule has 0 bridgehead atoms. The average Bonchev–Trinajstić information content (AvgIpc) is 2.63. The molecule has 144 valence electrons. The van der Waals surface area contributed by atoms with E-state index in [1.54, 1.807) is 17.9 Å². The summed E-state index contributed by atoms with van der Waals surface area (Å²) in [6, 6.07) is 1.73. The van der Waals surface area contributed by atoms with Gasteiger partial charge in [0.1, 0.15) is 5.69 Å². The van der Waals surface area contributed by atoms with Crippen LogP contribution in [0.5, 0.6) is 0 Å². The molecule has 2 rings (SSSR count). The van der Waals surface area contributed by atoms with E-state index >= 15 is 0 Å². The molecule has 26 heavy (non-hydrogen) atoms. The molecule has 0 unspecified atom stereocenters. The SMILES string of the molecule is CCOC(=O)N1CCC(NC(=O)c2cc(C)nc(N(CC)CC)n2)CC1. The van der Waals surface area contributed by atoms with Crippen LogP contribution in [0.2, 0.25) is 0 Å². The van der Waals surface area contributed by atoms with Gasteiger partial charge in [-0.2, -0.15) is 0 Å². The van der Waals surface area contributed by atoms with Crippen molar-refractivity contribution in [1.82, 2.24) is 20.2 Å². The Morgan fingerprint density at radius 3 is 2.46 bits per heavy atom. The number of likely N-dealkylation sites (tertiary alicyclic amines) is 1. The van der Waals surface area contributed by atoms with E-state index in [9.17, 15) is 9.59 Å². The van der Waals surface area contributed by atoms with E-state index < -0.39 is 0 Å². The number of nitrogens with one attached hydrogen (secondary N) is 1. The molecule has 1 fully saturated rings. The third kappa shape index (κ3) is 5.06. The first-order valence-electron chi connectivity index (χ1n) is 9.31. The maximum atomic E-state index is 12.6. The first-order chi connectivity index (χ1) is 12.5. The Morgan fingerprint density at radius 2 is 1.88 bits per heavy atom. The van der Waals surface area contributed by atoms with Crippen molar-refractivity contribution in [2.75, 3.05) is 37.7 Å². The average molecular weight is 363 g/mol. The zero-order valence-corrected chi connectivity index (χ0v) is 16.1. The first-order valence-corrected chi connectivity index (χ1v) is 9.31. The van der Waals surface area contributed by atoms with Crippen LogP contribution in [0, 0.1) is 6.92 Å². The van der Waals surface area contributed by atoms with E-state index in [2.05, 4.69) is 15.3 Å². The molecular weight excluding hydrogens is 334 g/mol. The lowest BCUT2D eigenvalue weighted by Crippen LogP contribution is -2.46. The lowest BCUT2D eigenvalue weighted by atomic mass is 10.1. The van der Waals surface area contributed by atoms with E-state index in [4.69, 9.17) is 4.74 Å². The minimum atomic E-state index is -0.285. The lowest BCUT2D eigenvalue weighted by molar-refractivity contribution is 0.0856. The molecular formula is C18H29N5O3.